The smallest absolute Gasteiger partial charge is 0.224 e. The van der Waals surface area contributed by atoms with Gasteiger partial charge < -0.3 is 11.1 Å². The lowest BCUT2D eigenvalue weighted by Crippen LogP contribution is -2.36. The number of carbonyl (C=O) groups excluding carboxylic acids is 1. The van der Waals surface area contributed by atoms with Crippen molar-refractivity contribution in [1.82, 2.24) is 10.3 Å². The lowest BCUT2D eigenvalue weighted by atomic mass is 9.84. The third-order valence-electron chi connectivity index (χ3n) is 2.62. The van der Waals surface area contributed by atoms with Crippen LogP contribution in [0.2, 0.25) is 0 Å². The molecular formula is C13H23N3OS. The topological polar surface area (TPSA) is 68.0 Å². The van der Waals surface area contributed by atoms with E-state index in [9.17, 15) is 4.79 Å². The van der Waals surface area contributed by atoms with Crippen molar-refractivity contribution in [3.63, 3.8) is 0 Å². The summed E-state index contributed by atoms with van der Waals surface area (Å²) in [5.74, 6) is -0.0718. The number of hydrogen-bond donors (Lipinski definition) is 2. The molecule has 3 N–H and O–H groups in total. The molecule has 0 saturated carbocycles. The van der Waals surface area contributed by atoms with Crippen molar-refractivity contribution in [3.8, 4) is 0 Å². The van der Waals surface area contributed by atoms with Gasteiger partial charge >= 0.3 is 0 Å². The van der Waals surface area contributed by atoms with Crippen LogP contribution < -0.4 is 11.1 Å². The predicted octanol–water partition coefficient (Wildman–Crippen LogP) is 2.08. The first-order valence-electron chi connectivity index (χ1n) is 6.21. The molecule has 18 heavy (non-hydrogen) atoms. The van der Waals surface area contributed by atoms with Crippen LogP contribution in [0.25, 0.3) is 0 Å². The standard InChI is InChI=1S/C13H23N3OS/c1-9-15-7-11(18-9)8-16-12(17)10(6-14)5-13(2,3)4/h7,10H,5-6,8,14H2,1-4H3,(H,16,17). The van der Waals surface area contributed by atoms with Gasteiger partial charge in [-0.1, -0.05) is 20.8 Å². The van der Waals surface area contributed by atoms with Gasteiger partial charge in [-0.05, 0) is 18.8 Å². The molecule has 0 aliphatic carbocycles. The highest BCUT2D eigenvalue weighted by Crippen LogP contribution is 2.24. The van der Waals surface area contributed by atoms with Crippen LogP contribution in [0.5, 0.6) is 0 Å². The van der Waals surface area contributed by atoms with Gasteiger partial charge in [-0.15, -0.1) is 11.3 Å². The molecule has 0 aliphatic heterocycles. The molecule has 1 rings (SSSR count). The number of thiazole rings is 1. The number of nitrogens with one attached hydrogen (secondary N) is 1. The molecule has 1 aromatic heterocycles. The zero-order valence-corrected chi connectivity index (χ0v) is 12.4. The van der Waals surface area contributed by atoms with Crippen LogP contribution in [0.3, 0.4) is 0 Å². The Morgan fingerprint density at radius 3 is 2.67 bits per heavy atom. The minimum absolute atomic E-state index is 0.0403. The summed E-state index contributed by atoms with van der Waals surface area (Å²) in [5.41, 5.74) is 5.80. The van der Waals surface area contributed by atoms with Gasteiger partial charge in [-0.25, -0.2) is 4.98 Å². The average molecular weight is 269 g/mol. The largest absolute Gasteiger partial charge is 0.351 e. The Morgan fingerprint density at radius 1 is 1.56 bits per heavy atom. The van der Waals surface area contributed by atoms with Crippen LogP contribution in [0.15, 0.2) is 6.20 Å². The molecular weight excluding hydrogens is 246 g/mol. The van der Waals surface area contributed by atoms with Crippen molar-refractivity contribution >= 4 is 17.2 Å². The summed E-state index contributed by atoms with van der Waals surface area (Å²) in [6.45, 7) is 9.26. The van der Waals surface area contributed by atoms with E-state index in [0.29, 0.717) is 13.1 Å². The van der Waals surface area contributed by atoms with E-state index in [0.717, 1.165) is 16.3 Å². The lowest BCUT2D eigenvalue weighted by molar-refractivity contribution is -0.125. The molecule has 0 spiro atoms. The molecule has 0 fully saturated rings. The van der Waals surface area contributed by atoms with Gasteiger partial charge in [0, 0.05) is 17.6 Å². The molecule has 0 aromatic carbocycles. The number of nitrogens with zero attached hydrogens (tertiary/aromatic N) is 1. The van der Waals surface area contributed by atoms with Crippen LogP contribution in [-0.4, -0.2) is 17.4 Å². The Bertz CT molecular complexity index is 395. The van der Waals surface area contributed by atoms with Gasteiger partial charge in [-0.2, -0.15) is 0 Å². The van der Waals surface area contributed by atoms with Gasteiger partial charge in [-0.3, -0.25) is 4.79 Å². The second kappa shape index (κ2) is 6.29. The quantitative estimate of drug-likeness (QED) is 0.860. The van der Waals surface area contributed by atoms with Crippen molar-refractivity contribution < 1.29 is 4.79 Å². The normalized spacial score (nSPS) is 13.4. The molecule has 0 radical (unpaired) electrons. The number of aromatic nitrogens is 1. The van der Waals surface area contributed by atoms with Crippen LogP contribution in [0, 0.1) is 18.3 Å². The molecule has 1 aromatic rings. The van der Waals surface area contributed by atoms with E-state index in [-0.39, 0.29) is 17.2 Å². The van der Waals surface area contributed by atoms with E-state index in [1.807, 2.05) is 13.1 Å². The second-order valence-corrected chi connectivity index (χ2v) is 7.08. The number of rotatable bonds is 5. The third-order valence-corrected chi connectivity index (χ3v) is 3.53. The summed E-state index contributed by atoms with van der Waals surface area (Å²) in [7, 11) is 0. The van der Waals surface area contributed by atoms with Crippen molar-refractivity contribution in [1.29, 1.82) is 0 Å². The molecule has 102 valence electrons. The molecule has 4 nitrogen and oxygen atoms in total. The van der Waals surface area contributed by atoms with Crippen molar-refractivity contribution in [2.75, 3.05) is 6.54 Å². The van der Waals surface area contributed by atoms with Crippen LogP contribution in [-0.2, 0) is 11.3 Å². The van der Waals surface area contributed by atoms with Gasteiger partial charge in [0.05, 0.1) is 17.5 Å². The molecule has 1 heterocycles. The van der Waals surface area contributed by atoms with E-state index in [4.69, 9.17) is 5.73 Å². The summed E-state index contributed by atoms with van der Waals surface area (Å²) in [6.07, 6.45) is 2.61. The van der Waals surface area contributed by atoms with Gasteiger partial charge in [0.2, 0.25) is 5.91 Å². The first-order valence-corrected chi connectivity index (χ1v) is 7.02. The highest BCUT2D eigenvalue weighted by molar-refractivity contribution is 7.11. The molecule has 0 saturated heterocycles. The Morgan fingerprint density at radius 2 is 2.22 bits per heavy atom. The zero-order valence-electron chi connectivity index (χ0n) is 11.6. The third kappa shape index (κ3) is 5.14. The van der Waals surface area contributed by atoms with Crippen molar-refractivity contribution in [2.45, 2.75) is 40.7 Å². The van der Waals surface area contributed by atoms with E-state index in [1.165, 1.54) is 0 Å². The molecule has 1 amide bonds. The van der Waals surface area contributed by atoms with Crippen molar-refractivity contribution in [3.05, 3.63) is 16.1 Å². The van der Waals surface area contributed by atoms with E-state index >= 15 is 0 Å². The zero-order chi connectivity index (χ0) is 13.8. The highest BCUT2D eigenvalue weighted by Gasteiger charge is 2.23. The molecule has 0 bridgehead atoms. The molecule has 0 aliphatic rings. The minimum Gasteiger partial charge on any atom is -0.351 e. The maximum atomic E-state index is 12.0. The van der Waals surface area contributed by atoms with Gasteiger partial charge in [0.15, 0.2) is 0 Å². The fourth-order valence-electron chi connectivity index (χ4n) is 1.83. The van der Waals surface area contributed by atoms with Crippen LogP contribution in [0.4, 0.5) is 0 Å². The number of amides is 1. The fourth-order valence-corrected chi connectivity index (χ4v) is 2.56. The van der Waals surface area contributed by atoms with Gasteiger partial charge in [0.1, 0.15) is 0 Å². The Kier molecular flexibility index (Phi) is 5.28. The number of nitrogens with two attached hydrogens (primary N) is 1. The number of hydrogen-bond acceptors (Lipinski definition) is 4. The molecule has 1 atom stereocenters. The van der Waals surface area contributed by atoms with E-state index in [2.05, 4.69) is 31.1 Å². The summed E-state index contributed by atoms with van der Waals surface area (Å²) >= 11 is 1.61. The number of carbonyl (C=O) groups is 1. The average Bonchev–Trinajstić information content (AvgIpc) is 2.67. The Hall–Kier alpha value is -0.940. The first-order chi connectivity index (χ1) is 8.31. The lowest BCUT2D eigenvalue weighted by Gasteiger charge is -2.24. The maximum absolute atomic E-state index is 12.0. The van der Waals surface area contributed by atoms with E-state index < -0.39 is 0 Å². The molecule has 5 heteroatoms. The SMILES string of the molecule is Cc1ncc(CNC(=O)C(CN)CC(C)(C)C)s1. The van der Waals surface area contributed by atoms with Crippen molar-refractivity contribution in [2.24, 2.45) is 17.1 Å². The van der Waals surface area contributed by atoms with E-state index in [1.54, 1.807) is 11.3 Å². The first kappa shape index (κ1) is 15.1. The molecule has 1 unspecified atom stereocenters. The number of aryl methyl sites for hydroxylation is 1. The fraction of sp³-hybridized carbons (Fsp3) is 0.692. The summed E-state index contributed by atoms with van der Waals surface area (Å²) < 4.78 is 0. The highest BCUT2D eigenvalue weighted by atomic mass is 32.1. The summed E-state index contributed by atoms with van der Waals surface area (Å²) in [6, 6.07) is 0. The predicted molar refractivity (Wildman–Crippen MR) is 75.3 cm³/mol. The summed E-state index contributed by atoms with van der Waals surface area (Å²) in [5, 5.41) is 3.96. The second-order valence-electron chi connectivity index (χ2n) is 5.76. The van der Waals surface area contributed by atoms with Crippen LogP contribution in [0.1, 0.15) is 37.1 Å². The monoisotopic (exact) mass is 269 g/mol. The minimum atomic E-state index is -0.112. The maximum Gasteiger partial charge on any atom is 0.224 e. The Labute approximate surface area is 113 Å². The van der Waals surface area contributed by atoms with Gasteiger partial charge in [0.25, 0.3) is 0 Å². The Balaban J connectivity index is 2.47. The van der Waals surface area contributed by atoms with Crippen LogP contribution >= 0.6 is 11.3 Å². The summed E-state index contributed by atoms with van der Waals surface area (Å²) in [4.78, 5) is 17.3.